The summed E-state index contributed by atoms with van der Waals surface area (Å²) in [6.07, 6.45) is 1.45. The van der Waals surface area contributed by atoms with Gasteiger partial charge in [0.05, 0.1) is 19.4 Å². The minimum Gasteiger partial charge on any atom is -0.483 e. The van der Waals surface area contributed by atoms with E-state index >= 15 is 0 Å². The molecule has 1 heterocycles. The summed E-state index contributed by atoms with van der Waals surface area (Å²) >= 11 is 0. The van der Waals surface area contributed by atoms with Crippen LogP contribution < -0.4 is 19.5 Å². The summed E-state index contributed by atoms with van der Waals surface area (Å²) in [5, 5.41) is 2.68. The van der Waals surface area contributed by atoms with Gasteiger partial charge in [-0.2, -0.15) is 4.98 Å². The van der Waals surface area contributed by atoms with Gasteiger partial charge >= 0.3 is 6.01 Å². The average Bonchev–Trinajstić information content (AvgIpc) is 2.57. The highest BCUT2D eigenvalue weighted by Crippen LogP contribution is 2.23. The molecular formula is C17H21N3O4. The van der Waals surface area contributed by atoms with Crippen LogP contribution in [0.1, 0.15) is 19.4 Å². The molecule has 1 amide bonds. The number of benzene rings is 1. The Kier molecular flexibility index (Phi) is 6.36. The molecule has 7 nitrogen and oxygen atoms in total. The van der Waals surface area contributed by atoms with Crippen molar-refractivity contribution in [2.75, 3.05) is 25.1 Å². The molecule has 0 bridgehead atoms. The first-order valence-corrected chi connectivity index (χ1v) is 7.75. The highest BCUT2D eigenvalue weighted by Gasteiger charge is 2.13. The number of para-hydroxylation sites is 1. The highest BCUT2D eigenvalue weighted by atomic mass is 16.5. The van der Waals surface area contributed by atoms with Crippen LogP contribution in [0.2, 0.25) is 0 Å². The largest absolute Gasteiger partial charge is 0.483 e. The third-order valence-electron chi connectivity index (χ3n) is 3.01. The second-order valence-electron chi connectivity index (χ2n) is 4.84. The monoisotopic (exact) mass is 331 g/mol. The SMILES string of the molecule is CCOc1ncc(NC(=O)COc2ccccc2C)c(OCC)n1. The van der Waals surface area contributed by atoms with E-state index in [0.717, 1.165) is 5.56 Å². The minimum atomic E-state index is -0.327. The Morgan fingerprint density at radius 2 is 1.88 bits per heavy atom. The van der Waals surface area contributed by atoms with Crippen molar-refractivity contribution in [3.05, 3.63) is 36.0 Å². The Labute approximate surface area is 141 Å². The normalized spacial score (nSPS) is 10.1. The highest BCUT2D eigenvalue weighted by molar-refractivity contribution is 5.92. The first-order valence-electron chi connectivity index (χ1n) is 7.75. The minimum absolute atomic E-state index is 0.121. The lowest BCUT2D eigenvalue weighted by atomic mass is 10.2. The number of carbonyl (C=O) groups excluding carboxylic acids is 1. The lowest BCUT2D eigenvalue weighted by Gasteiger charge is -2.12. The molecule has 0 fully saturated rings. The van der Waals surface area contributed by atoms with Gasteiger partial charge in [0.1, 0.15) is 11.4 Å². The van der Waals surface area contributed by atoms with Crippen LogP contribution in [0.15, 0.2) is 30.5 Å². The van der Waals surface area contributed by atoms with E-state index in [0.29, 0.717) is 24.7 Å². The van der Waals surface area contributed by atoms with E-state index < -0.39 is 0 Å². The molecule has 0 aliphatic carbocycles. The molecule has 0 aliphatic heterocycles. The van der Waals surface area contributed by atoms with Crippen LogP contribution in [0, 0.1) is 6.92 Å². The fraction of sp³-hybridized carbons (Fsp3) is 0.353. The maximum atomic E-state index is 12.1. The Morgan fingerprint density at radius 1 is 1.12 bits per heavy atom. The van der Waals surface area contributed by atoms with Gasteiger partial charge in [-0.1, -0.05) is 18.2 Å². The number of anilines is 1. The van der Waals surface area contributed by atoms with Gasteiger partial charge < -0.3 is 19.5 Å². The third kappa shape index (κ3) is 4.84. The zero-order valence-corrected chi connectivity index (χ0v) is 14.0. The number of carbonyl (C=O) groups is 1. The number of ether oxygens (including phenoxy) is 3. The molecule has 0 radical (unpaired) electrons. The number of hydrogen-bond donors (Lipinski definition) is 1. The maximum absolute atomic E-state index is 12.1. The predicted octanol–water partition coefficient (Wildman–Crippen LogP) is 2.60. The van der Waals surface area contributed by atoms with E-state index in [-0.39, 0.29) is 24.4 Å². The van der Waals surface area contributed by atoms with Crippen LogP contribution >= 0.6 is 0 Å². The number of nitrogens with zero attached hydrogens (tertiary/aromatic N) is 2. The van der Waals surface area contributed by atoms with Crippen LogP contribution in [0.25, 0.3) is 0 Å². The predicted molar refractivity (Wildman–Crippen MR) is 89.7 cm³/mol. The summed E-state index contributed by atoms with van der Waals surface area (Å²) in [4.78, 5) is 20.2. The van der Waals surface area contributed by atoms with E-state index in [4.69, 9.17) is 14.2 Å². The summed E-state index contributed by atoms with van der Waals surface area (Å²) in [6.45, 7) is 6.31. The first kappa shape index (κ1) is 17.5. The molecule has 1 N–H and O–H groups in total. The van der Waals surface area contributed by atoms with Gasteiger partial charge in [-0.05, 0) is 32.4 Å². The molecule has 7 heteroatoms. The summed E-state index contributed by atoms with van der Waals surface area (Å²) in [5.74, 6) is 0.604. The Bertz CT molecular complexity index is 691. The second-order valence-corrected chi connectivity index (χ2v) is 4.84. The van der Waals surface area contributed by atoms with Crippen molar-refractivity contribution in [1.29, 1.82) is 0 Å². The van der Waals surface area contributed by atoms with E-state index in [2.05, 4.69) is 15.3 Å². The van der Waals surface area contributed by atoms with Crippen molar-refractivity contribution in [3.8, 4) is 17.6 Å². The molecule has 0 unspecified atom stereocenters. The van der Waals surface area contributed by atoms with Gasteiger partial charge in [0.25, 0.3) is 5.91 Å². The van der Waals surface area contributed by atoms with Crippen LogP contribution in [0.3, 0.4) is 0 Å². The number of hydrogen-bond acceptors (Lipinski definition) is 6. The van der Waals surface area contributed by atoms with Gasteiger partial charge in [-0.25, -0.2) is 4.98 Å². The lowest BCUT2D eigenvalue weighted by Crippen LogP contribution is -2.21. The van der Waals surface area contributed by atoms with E-state index in [1.54, 1.807) is 0 Å². The van der Waals surface area contributed by atoms with Gasteiger partial charge in [0.2, 0.25) is 5.88 Å². The zero-order valence-electron chi connectivity index (χ0n) is 14.0. The molecule has 2 rings (SSSR count). The molecule has 2 aromatic rings. The summed E-state index contributed by atoms with van der Waals surface area (Å²) < 4.78 is 16.2. The standard InChI is InChI=1S/C17H21N3O4/c1-4-22-16-13(10-18-17(20-16)23-5-2)19-15(21)11-24-14-9-7-6-8-12(14)3/h6-10H,4-5,11H2,1-3H3,(H,19,21). The third-order valence-corrected chi connectivity index (χ3v) is 3.01. The van der Waals surface area contributed by atoms with Crippen LogP contribution in [-0.4, -0.2) is 35.7 Å². The maximum Gasteiger partial charge on any atom is 0.319 e. The number of amides is 1. The van der Waals surface area contributed by atoms with Crippen LogP contribution in [-0.2, 0) is 4.79 Å². The van der Waals surface area contributed by atoms with Gasteiger partial charge in [-0.15, -0.1) is 0 Å². The van der Waals surface area contributed by atoms with Crippen LogP contribution in [0.5, 0.6) is 17.6 Å². The number of rotatable bonds is 8. The Balaban J connectivity index is 2.01. The molecule has 128 valence electrons. The molecule has 0 atom stereocenters. The number of nitrogens with one attached hydrogen (secondary N) is 1. The van der Waals surface area contributed by atoms with Gasteiger partial charge in [0, 0.05) is 0 Å². The van der Waals surface area contributed by atoms with Gasteiger partial charge in [0.15, 0.2) is 6.61 Å². The van der Waals surface area contributed by atoms with Crippen molar-refractivity contribution in [1.82, 2.24) is 9.97 Å². The first-order chi connectivity index (χ1) is 11.6. The number of aryl methyl sites for hydroxylation is 1. The molecular weight excluding hydrogens is 310 g/mol. The fourth-order valence-corrected chi connectivity index (χ4v) is 1.93. The van der Waals surface area contributed by atoms with Crippen molar-refractivity contribution >= 4 is 11.6 Å². The molecule has 0 spiro atoms. The number of aromatic nitrogens is 2. The lowest BCUT2D eigenvalue weighted by molar-refractivity contribution is -0.118. The van der Waals surface area contributed by atoms with E-state index in [1.807, 2.05) is 45.0 Å². The Hall–Kier alpha value is -2.83. The summed E-state index contributed by atoms with van der Waals surface area (Å²) in [5.41, 5.74) is 1.34. The van der Waals surface area contributed by atoms with Crippen LogP contribution in [0.4, 0.5) is 5.69 Å². The molecule has 0 saturated heterocycles. The van der Waals surface area contributed by atoms with Crippen molar-refractivity contribution < 1.29 is 19.0 Å². The van der Waals surface area contributed by atoms with Crippen molar-refractivity contribution in [3.63, 3.8) is 0 Å². The fourth-order valence-electron chi connectivity index (χ4n) is 1.93. The molecule has 0 saturated carbocycles. The molecule has 0 aliphatic rings. The van der Waals surface area contributed by atoms with Gasteiger partial charge in [-0.3, -0.25) is 4.79 Å². The van der Waals surface area contributed by atoms with E-state index in [9.17, 15) is 4.79 Å². The summed E-state index contributed by atoms with van der Waals surface area (Å²) in [7, 11) is 0. The van der Waals surface area contributed by atoms with Crippen molar-refractivity contribution in [2.24, 2.45) is 0 Å². The second kappa shape index (κ2) is 8.71. The van der Waals surface area contributed by atoms with E-state index in [1.165, 1.54) is 6.20 Å². The van der Waals surface area contributed by atoms with Crippen molar-refractivity contribution in [2.45, 2.75) is 20.8 Å². The zero-order chi connectivity index (χ0) is 17.4. The summed E-state index contributed by atoms with van der Waals surface area (Å²) in [6, 6.07) is 7.70. The average molecular weight is 331 g/mol. The molecule has 1 aromatic carbocycles. The topological polar surface area (TPSA) is 82.6 Å². The molecule has 24 heavy (non-hydrogen) atoms. The smallest absolute Gasteiger partial charge is 0.319 e. The Morgan fingerprint density at radius 3 is 2.58 bits per heavy atom. The quantitative estimate of drug-likeness (QED) is 0.800. The molecule has 1 aromatic heterocycles.